The SMILES string of the molecule is O=C1CCCN1CCC(=O)N1CCC[C@H](c2ccncn2)C1. The van der Waals surface area contributed by atoms with Gasteiger partial charge < -0.3 is 9.80 Å². The Morgan fingerprint density at radius 1 is 1.32 bits per heavy atom. The molecule has 0 bridgehead atoms. The van der Waals surface area contributed by atoms with E-state index in [1.54, 1.807) is 12.5 Å². The molecular formula is C16H22N4O2. The van der Waals surface area contributed by atoms with Crippen LogP contribution < -0.4 is 0 Å². The van der Waals surface area contributed by atoms with Crippen LogP contribution in [0.4, 0.5) is 0 Å². The maximum atomic E-state index is 12.4. The molecule has 0 radical (unpaired) electrons. The summed E-state index contributed by atoms with van der Waals surface area (Å²) < 4.78 is 0. The largest absolute Gasteiger partial charge is 0.342 e. The number of amides is 2. The van der Waals surface area contributed by atoms with E-state index in [9.17, 15) is 9.59 Å². The van der Waals surface area contributed by atoms with Gasteiger partial charge in [-0.25, -0.2) is 9.97 Å². The maximum absolute atomic E-state index is 12.4. The van der Waals surface area contributed by atoms with Crippen molar-refractivity contribution in [1.29, 1.82) is 0 Å². The minimum Gasteiger partial charge on any atom is -0.342 e. The summed E-state index contributed by atoms with van der Waals surface area (Å²) in [5.41, 5.74) is 1.02. The molecule has 0 aromatic carbocycles. The predicted octanol–water partition coefficient (Wildman–Crippen LogP) is 1.20. The van der Waals surface area contributed by atoms with Crippen molar-refractivity contribution in [3.8, 4) is 0 Å². The summed E-state index contributed by atoms with van der Waals surface area (Å²) in [4.78, 5) is 36.0. The van der Waals surface area contributed by atoms with Crippen molar-refractivity contribution in [3.05, 3.63) is 24.3 Å². The van der Waals surface area contributed by atoms with Gasteiger partial charge in [0.25, 0.3) is 0 Å². The van der Waals surface area contributed by atoms with Gasteiger partial charge in [0.15, 0.2) is 0 Å². The first-order chi connectivity index (χ1) is 10.7. The number of rotatable bonds is 4. The highest BCUT2D eigenvalue weighted by atomic mass is 16.2. The monoisotopic (exact) mass is 302 g/mol. The van der Waals surface area contributed by atoms with Crippen LogP contribution in [0.25, 0.3) is 0 Å². The standard InChI is InChI=1S/C16H22N4O2/c21-15-4-2-8-19(15)10-6-16(22)20-9-1-3-13(11-20)14-5-7-17-12-18-14/h5,7,12-13H,1-4,6,8-11H2/t13-/m0/s1. The average molecular weight is 302 g/mol. The summed E-state index contributed by atoms with van der Waals surface area (Å²) in [7, 11) is 0. The Morgan fingerprint density at radius 2 is 2.23 bits per heavy atom. The summed E-state index contributed by atoms with van der Waals surface area (Å²) >= 11 is 0. The molecule has 6 heteroatoms. The number of hydrogen-bond acceptors (Lipinski definition) is 4. The Labute approximate surface area is 130 Å². The molecule has 0 aliphatic carbocycles. The zero-order valence-corrected chi connectivity index (χ0v) is 12.8. The van der Waals surface area contributed by atoms with Crippen molar-refractivity contribution < 1.29 is 9.59 Å². The summed E-state index contributed by atoms with van der Waals surface area (Å²) in [5, 5.41) is 0. The highest BCUT2D eigenvalue weighted by Gasteiger charge is 2.26. The van der Waals surface area contributed by atoms with Crippen LogP contribution in [0, 0.1) is 0 Å². The minimum absolute atomic E-state index is 0.151. The lowest BCUT2D eigenvalue weighted by Gasteiger charge is -2.33. The molecule has 118 valence electrons. The second kappa shape index (κ2) is 6.85. The lowest BCUT2D eigenvalue weighted by Crippen LogP contribution is -2.41. The highest BCUT2D eigenvalue weighted by molar-refractivity contribution is 5.80. The van der Waals surface area contributed by atoms with Gasteiger partial charge in [-0.1, -0.05) is 0 Å². The van der Waals surface area contributed by atoms with Gasteiger partial charge in [-0.15, -0.1) is 0 Å². The van der Waals surface area contributed by atoms with Gasteiger partial charge in [-0.3, -0.25) is 9.59 Å². The molecule has 6 nitrogen and oxygen atoms in total. The molecule has 1 aromatic heterocycles. The molecule has 22 heavy (non-hydrogen) atoms. The molecule has 2 aliphatic rings. The van der Waals surface area contributed by atoms with Crippen LogP contribution in [0.3, 0.4) is 0 Å². The van der Waals surface area contributed by atoms with Crippen LogP contribution >= 0.6 is 0 Å². The van der Waals surface area contributed by atoms with E-state index in [1.807, 2.05) is 15.9 Å². The molecule has 1 atom stereocenters. The van der Waals surface area contributed by atoms with Crippen molar-refractivity contribution in [3.63, 3.8) is 0 Å². The summed E-state index contributed by atoms with van der Waals surface area (Å²) in [5.74, 6) is 0.637. The third-order valence-electron chi connectivity index (χ3n) is 4.56. The molecule has 0 spiro atoms. The van der Waals surface area contributed by atoms with Crippen LogP contribution in [0.5, 0.6) is 0 Å². The van der Waals surface area contributed by atoms with Gasteiger partial charge in [0, 0.05) is 56.8 Å². The van der Waals surface area contributed by atoms with Crippen molar-refractivity contribution in [2.45, 2.75) is 38.0 Å². The second-order valence-corrected chi connectivity index (χ2v) is 6.05. The van der Waals surface area contributed by atoms with E-state index in [2.05, 4.69) is 9.97 Å². The topological polar surface area (TPSA) is 66.4 Å². The van der Waals surface area contributed by atoms with E-state index in [1.165, 1.54) is 0 Å². The van der Waals surface area contributed by atoms with Crippen LogP contribution in [-0.2, 0) is 9.59 Å². The van der Waals surface area contributed by atoms with Gasteiger partial charge >= 0.3 is 0 Å². The lowest BCUT2D eigenvalue weighted by molar-refractivity contribution is -0.133. The van der Waals surface area contributed by atoms with E-state index in [0.29, 0.717) is 25.3 Å². The average Bonchev–Trinajstić information content (AvgIpc) is 2.99. The number of piperidine rings is 1. The number of carbonyl (C=O) groups is 2. The molecule has 2 fully saturated rings. The predicted molar refractivity (Wildman–Crippen MR) is 81.0 cm³/mol. The fourth-order valence-electron chi connectivity index (χ4n) is 3.32. The zero-order chi connectivity index (χ0) is 15.4. The number of carbonyl (C=O) groups excluding carboxylic acids is 2. The molecule has 1 aromatic rings. The Hall–Kier alpha value is -1.98. The Bertz CT molecular complexity index is 534. The first-order valence-corrected chi connectivity index (χ1v) is 8.05. The van der Waals surface area contributed by atoms with Crippen molar-refractivity contribution in [2.24, 2.45) is 0 Å². The van der Waals surface area contributed by atoms with Gasteiger partial charge in [-0.05, 0) is 25.3 Å². The minimum atomic E-state index is 0.151. The second-order valence-electron chi connectivity index (χ2n) is 6.05. The summed E-state index contributed by atoms with van der Waals surface area (Å²) in [6.07, 6.45) is 7.37. The lowest BCUT2D eigenvalue weighted by atomic mass is 9.94. The third-order valence-corrected chi connectivity index (χ3v) is 4.56. The molecule has 3 rings (SSSR count). The summed E-state index contributed by atoms with van der Waals surface area (Å²) in [6, 6.07) is 1.93. The molecule has 0 unspecified atom stereocenters. The number of hydrogen-bond donors (Lipinski definition) is 0. The number of nitrogens with zero attached hydrogens (tertiary/aromatic N) is 4. The van der Waals surface area contributed by atoms with E-state index in [4.69, 9.17) is 0 Å². The first kappa shape index (κ1) is 14.9. The fraction of sp³-hybridized carbons (Fsp3) is 0.625. The van der Waals surface area contributed by atoms with Gasteiger partial charge in [0.1, 0.15) is 6.33 Å². The van der Waals surface area contributed by atoms with E-state index < -0.39 is 0 Å². The normalized spacial score (nSPS) is 22.2. The molecule has 0 saturated carbocycles. The van der Waals surface area contributed by atoms with Crippen LogP contribution in [0.15, 0.2) is 18.6 Å². The molecule has 2 saturated heterocycles. The molecule has 2 amide bonds. The van der Waals surface area contributed by atoms with E-state index in [0.717, 1.165) is 44.6 Å². The van der Waals surface area contributed by atoms with Crippen molar-refractivity contribution >= 4 is 11.8 Å². The molecule has 3 heterocycles. The van der Waals surface area contributed by atoms with Crippen LogP contribution in [0.1, 0.15) is 43.7 Å². The van der Waals surface area contributed by atoms with Gasteiger partial charge in [0.2, 0.25) is 11.8 Å². The quantitative estimate of drug-likeness (QED) is 0.838. The maximum Gasteiger partial charge on any atom is 0.224 e. The third kappa shape index (κ3) is 3.43. The highest BCUT2D eigenvalue weighted by Crippen LogP contribution is 2.25. The smallest absolute Gasteiger partial charge is 0.224 e. The number of aromatic nitrogens is 2. The van der Waals surface area contributed by atoms with Gasteiger partial charge in [0.05, 0.1) is 0 Å². The van der Waals surface area contributed by atoms with Crippen molar-refractivity contribution in [1.82, 2.24) is 19.8 Å². The Kier molecular flexibility index (Phi) is 4.65. The van der Waals surface area contributed by atoms with Crippen LogP contribution in [-0.4, -0.2) is 57.8 Å². The zero-order valence-electron chi connectivity index (χ0n) is 12.8. The fourth-order valence-corrected chi connectivity index (χ4v) is 3.32. The molecule has 0 N–H and O–H groups in total. The Morgan fingerprint density at radius 3 is 2.95 bits per heavy atom. The van der Waals surface area contributed by atoms with E-state index >= 15 is 0 Å². The summed E-state index contributed by atoms with van der Waals surface area (Å²) in [6.45, 7) is 2.90. The number of likely N-dealkylation sites (tertiary alicyclic amines) is 2. The molecular weight excluding hydrogens is 280 g/mol. The van der Waals surface area contributed by atoms with Crippen molar-refractivity contribution in [2.75, 3.05) is 26.2 Å². The van der Waals surface area contributed by atoms with Crippen LogP contribution in [0.2, 0.25) is 0 Å². The van der Waals surface area contributed by atoms with Gasteiger partial charge in [-0.2, -0.15) is 0 Å². The molecule has 2 aliphatic heterocycles. The first-order valence-electron chi connectivity index (χ1n) is 8.05. The van der Waals surface area contributed by atoms with E-state index in [-0.39, 0.29) is 11.8 Å². The Balaban J connectivity index is 1.53.